The molecule has 0 aliphatic rings. The number of hydrogen-bond acceptors (Lipinski definition) is 3. The monoisotopic (exact) mass is 171 g/mol. The Balaban J connectivity index is 0.000000261. The van der Waals surface area contributed by atoms with Crippen LogP contribution in [-0.4, -0.2) is 26.8 Å². The Bertz CT molecular complexity index is 216. The van der Waals surface area contributed by atoms with Crippen LogP contribution in [0.4, 0.5) is 4.79 Å². The zero-order valence-electron chi connectivity index (χ0n) is 7.14. The zero-order valence-corrected chi connectivity index (χ0v) is 7.14. The van der Waals surface area contributed by atoms with E-state index in [0.29, 0.717) is 0 Å². The van der Waals surface area contributed by atoms with E-state index < -0.39 is 6.03 Å². The highest BCUT2D eigenvalue weighted by Crippen LogP contribution is 1.79. The van der Waals surface area contributed by atoms with E-state index in [1.54, 1.807) is 13.8 Å². The van der Waals surface area contributed by atoms with Gasteiger partial charge in [-0.05, 0) is 13.8 Å². The molecule has 1 aromatic rings. The number of rotatable bonds is 0. The number of aliphatic hydroxyl groups excluding tert-OH is 1. The first-order valence-corrected chi connectivity index (χ1v) is 3.50. The average Bonchev–Trinajstić information content (AvgIpc) is 2.34. The molecule has 1 heterocycles. The van der Waals surface area contributed by atoms with Crippen LogP contribution in [0.1, 0.15) is 13.8 Å². The quantitative estimate of drug-likeness (QED) is 0.585. The first-order chi connectivity index (χ1) is 5.54. The molecule has 5 heteroatoms. The van der Waals surface area contributed by atoms with Crippen LogP contribution < -0.4 is 5.73 Å². The van der Waals surface area contributed by atoms with Crippen molar-refractivity contribution in [1.29, 1.82) is 0 Å². The van der Waals surface area contributed by atoms with Crippen molar-refractivity contribution in [2.24, 2.45) is 5.73 Å². The molecular formula is C7H13N3O2. The van der Waals surface area contributed by atoms with E-state index in [1.807, 2.05) is 0 Å². The van der Waals surface area contributed by atoms with Crippen LogP contribution in [0, 0.1) is 0 Å². The van der Waals surface area contributed by atoms with Gasteiger partial charge in [0, 0.05) is 18.5 Å². The van der Waals surface area contributed by atoms with E-state index >= 15 is 0 Å². The number of aliphatic hydroxyl groups is 1. The van der Waals surface area contributed by atoms with E-state index in [-0.39, 0.29) is 6.10 Å². The van der Waals surface area contributed by atoms with E-state index in [2.05, 4.69) is 4.98 Å². The van der Waals surface area contributed by atoms with Crippen molar-refractivity contribution < 1.29 is 9.90 Å². The minimum absolute atomic E-state index is 0.167. The van der Waals surface area contributed by atoms with Crippen molar-refractivity contribution in [1.82, 2.24) is 9.55 Å². The number of nitrogens with two attached hydrogens (primary N) is 1. The second kappa shape index (κ2) is 5.31. The van der Waals surface area contributed by atoms with Gasteiger partial charge in [0.15, 0.2) is 0 Å². The minimum Gasteiger partial charge on any atom is -0.394 e. The summed E-state index contributed by atoms with van der Waals surface area (Å²) >= 11 is 0. The second-order valence-electron chi connectivity index (χ2n) is 2.40. The average molecular weight is 171 g/mol. The molecule has 0 saturated heterocycles. The molecule has 0 aliphatic carbocycles. The van der Waals surface area contributed by atoms with E-state index in [4.69, 9.17) is 10.8 Å². The van der Waals surface area contributed by atoms with Crippen molar-refractivity contribution in [3.8, 4) is 0 Å². The van der Waals surface area contributed by atoms with Crippen LogP contribution in [0.5, 0.6) is 0 Å². The normalized spacial score (nSPS) is 9.00. The molecular weight excluding hydrogens is 158 g/mol. The van der Waals surface area contributed by atoms with Gasteiger partial charge in [-0.25, -0.2) is 9.78 Å². The molecule has 0 fully saturated rings. The summed E-state index contributed by atoms with van der Waals surface area (Å²) in [6.45, 7) is 3.44. The summed E-state index contributed by atoms with van der Waals surface area (Å²) < 4.78 is 1.19. The largest absolute Gasteiger partial charge is 0.394 e. The summed E-state index contributed by atoms with van der Waals surface area (Å²) in [4.78, 5) is 13.8. The first kappa shape index (κ1) is 10.6. The molecule has 68 valence electrons. The Morgan fingerprint density at radius 1 is 1.67 bits per heavy atom. The Morgan fingerprint density at radius 3 is 2.33 bits per heavy atom. The van der Waals surface area contributed by atoms with Crippen molar-refractivity contribution in [3.05, 3.63) is 18.7 Å². The highest BCUT2D eigenvalue weighted by Gasteiger charge is 1.91. The minimum atomic E-state index is -0.512. The molecule has 0 aromatic carbocycles. The van der Waals surface area contributed by atoms with Gasteiger partial charge < -0.3 is 10.8 Å². The molecule has 0 spiro atoms. The standard InChI is InChI=1S/C4H5N3O.C3H8O/c5-4(8)7-2-1-6-3-7;1-3(2)4/h1-3H,(H2,5,8);3-4H,1-2H3. The molecule has 0 saturated carbocycles. The van der Waals surface area contributed by atoms with Gasteiger partial charge >= 0.3 is 6.03 Å². The molecule has 12 heavy (non-hydrogen) atoms. The number of aromatic nitrogens is 2. The van der Waals surface area contributed by atoms with Gasteiger partial charge in [-0.2, -0.15) is 0 Å². The Kier molecular flexibility index (Phi) is 4.71. The predicted octanol–water partition coefficient (Wildman–Crippen LogP) is 0.197. The number of carbonyl (C=O) groups excluding carboxylic acids is 1. The smallest absolute Gasteiger partial charge is 0.324 e. The maximum Gasteiger partial charge on any atom is 0.324 e. The predicted molar refractivity (Wildman–Crippen MR) is 44.6 cm³/mol. The summed E-state index contributed by atoms with van der Waals surface area (Å²) in [6.07, 6.45) is 4.16. The molecule has 3 N–H and O–H groups in total. The van der Waals surface area contributed by atoms with Crippen LogP contribution in [0.25, 0.3) is 0 Å². The molecule has 0 bridgehead atoms. The molecule has 0 atom stereocenters. The van der Waals surface area contributed by atoms with Crippen molar-refractivity contribution in [2.45, 2.75) is 20.0 Å². The van der Waals surface area contributed by atoms with E-state index in [9.17, 15) is 4.79 Å². The third-order valence-corrected chi connectivity index (χ3v) is 0.759. The Hall–Kier alpha value is -1.36. The maximum absolute atomic E-state index is 10.2. The summed E-state index contributed by atoms with van der Waals surface area (Å²) in [7, 11) is 0. The molecule has 0 radical (unpaired) electrons. The molecule has 1 amide bonds. The maximum atomic E-state index is 10.2. The lowest BCUT2D eigenvalue weighted by Gasteiger charge is -1.87. The van der Waals surface area contributed by atoms with Crippen LogP contribution >= 0.6 is 0 Å². The second-order valence-corrected chi connectivity index (χ2v) is 2.40. The number of nitrogens with zero attached hydrogens (tertiary/aromatic N) is 2. The van der Waals surface area contributed by atoms with Gasteiger partial charge in [0.25, 0.3) is 0 Å². The third-order valence-electron chi connectivity index (χ3n) is 0.759. The van der Waals surface area contributed by atoms with Gasteiger partial charge in [-0.15, -0.1) is 0 Å². The fourth-order valence-corrected chi connectivity index (χ4v) is 0.389. The first-order valence-electron chi connectivity index (χ1n) is 3.50. The number of hydrogen-bond donors (Lipinski definition) is 2. The third kappa shape index (κ3) is 5.43. The van der Waals surface area contributed by atoms with Gasteiger partial charge in [0.2, 0.25) is 0 Å². The highest BCUT2D eigenvalue weighted by atomic mass is 16.3. The number of carbonyl (C=O) groups is 1. The SMILES string of the molecule is CC(C)O.NC(=O)n1ccnc1. The van der Waals surface area contributed by atoms with Gasteiger partial charge in [0.05, 0.1) is 0 Å². The van der Waals surface area contributed by atoms with Crippen molar-refractivity contribution in [2.75, 3.05) is 0 Å². The number of amides is 1. The Morgan fingerprint density at radius 2 is 2.17 bits per heavy atom. The fourth-order valence-electron chi connectivity index (χ4n) is 0.389. The summed E-state index contributed by atoms with van der Waals surface area (Å²) in [6, 6.07) is -0.512. The summed E-state index contributed by atoms with van der Waals surface area (Å²) in [5.74, 6) is 0. The van der Waals surface area contributed by atoms with E-state index in [1.165, 1.54) is 23.3 Å². The van der Waals surface area contributed by atoms with Gasteiger partial charge in [-0.3, -0.25) is 4.57 Å². The van der Waals surface area contributed by atoms with Crippen LogP contribution in [0.3, 0.4) is 0 Å². The zero-order chi connectivity index (χ0) is 9.56. The Labute approximate surface area is 70.8 Å². The molecule has 0 aliphatic heterocycles. The molecule has 1 rings (SSSR count). The lowest BCUT2D eigenvalue weighted by molar-refractivity contribution is 0.216. The lowest BCUT2D eigenvalue weighted by Crippen LogP contribution is -2.17. The van der Waals surface area contributed by atoms with Crippen molar-refractivity contribution in [3.63, 3.8) is 0 Å². The molecule has 5 nitrogen and oxygen atoms in total. The summed E-state index contributed by atoms with van der Waals surface area (Å²) in [5.41, 5.74) is 4.84. The van der Waals surface area contributed by atoms with Crippen LogP contribution in [0.15, 0.2) is 18.7 Å². The number of primary amides is 1. The van der Waals surface area contributed by atoms with Crippen molar-refractivity contribution >= 4 is 6.03 Å². The highest BCUT2D eigenvalue weighted by molar-refractivity contribution is 5.74. The number of imidazole rings is 1. The molecule has 1 aromatic heterocycles. The van der Waals surface area contributed by atoms with Crippen LogP contribution in [0.2, 0.25) is 0 Å². The van der Waals surface area contributed by atoms with Crippen LogP contribution in [-0.2, 0) is 0 Å². The fraction of sp³-hybridized carbons (Fsp3) is 0.429. The lowest BCUT2D eigenvalue weighted by atomic mass is 10.5. The topological polar surface area (TPSA) is 81.1 Å². The van der Waals surface area contributed by atoms with Gasteiger partial charge in [0.1, 0.15) is 6.33 Å². The van der Waals surface area contributed by atoms with Gasteiger partial charge in [-0.1, -0.05) is 0 Å². The molecule has 0 unspecified atom stereocenters. The summed E-state index contributed by atoms with van der Waals surface area (Å²) in [5, 5.41) is 8.06. The van der Waals surface area contributed by atoms with E-state index in [0.717, 1.165) is 0 Å².